The maximum Gasteiger partial charge on any atom is 0.435 e. The van der Waals surface area contributed by atoms with Crippen LogP contribution < -0.4 is 5.32 Å². The Morgan fingerprint density at radius 3 is 2.46 bits per heavy atom. The van der Waals surface area contributed by atoms with Gasteiger partial charge in [0, 0.05) is 17.0 Å². The zero-order valence-corrected chi connectivity index (χ0v) is 20.1. The van der Waals surface area contributed by atoms with Crippen molar-refractivity contribution in [2.45, 2.75) is 56.1 Å². The molecule has 1 unspecified atom stereocenters. The molecule has 1 aromatic carbocycles. The molecule has 6 nitrogen and oxygen atoms in total. The Morgan fingerprint density at radius 2 is 1.91 bits per heavy atom. The Hall–Kier alpha value is -2.55. The number of amides is 1. The monoisotopic (exact) mass is 546 g/mol. The molecule has 0 saturated heterocycles. The van der Waals surface area contributed by atoms with Crippen molar-refractivity contribution in [3.05, 3.63) is 54.9 Å². The highest BCUT2D eigenvalue weighted by atomic mass is 35.5. The molecule has 5 rings (SSSR count). The fourth-order valence-corrected chi connectivity index (χ4v) is 5.96. The van der Waals surface area contributed by atoms with Gasteiger partial charge in [0.25, 0.3) is 11.5 Å². The van der Waals surface area contributed by atoms with Crippen LogP contribution in [0.3, 0.4) is 0 Å². The van der Waals surface area contributed by atoms with E-state index in [9.17, 15) is 27.6 Å². The predicted molar refractivity (Wildman–Crippen MR) is 121 cm³/mol. The number of hydrogen-bond donors (Lipinski definition) is 1. The van der Waals surface area contributed by atoms with Gasteiger partial charge in [-0.2, -0.15) is 18.4 Å². The second-order valence-electron chi connectivity index (χ2n) is 8.77. The molecule has 1 atom stereocenters. The van der Waals surface area contributed by atoms with Crippen LogP contribution in [0.2, 0.25) is 10.0 Å². The number of fused-ring (bicyclic) bond motifs is 1. The molecule has 3 heterocycles. The van der Waals surface area contributed by atoms with E-state index < -0.39 is 45.2 Å². The third-order valence-corrected chi connectivity index (χ3v) is 8.29. The lowest BCUT2D eigenvalue weighted by Gasteiger charge is -2.35. The average Bonchev–Trinajstić information content (AvgIpc) is 3.46. The average molecular weight is 547 g/mol. The molecule has 1 N–H and O–H groups in total. The second kappa shape index (κ2) is 8.25. The summed E-state index contributed by atoms with van der Waals surface area (Å²) < 4.78 is 56.4. The third-order valence-electron chi connectivity index (χ3n) is 6.58. The number of hydrogen-bond acceptors (Lipinski definition) is 6. The zero-order chi connectivity index (χ0) is 25.2. The van der Waals surface area contributed by atoms with E-state index in [1.807, 2.05) is 0 Å². The number of oxime groups is 1. The van der Waals surface area contributed by atoms with Crippen LogP contribution in [-0.4, -0.2) is 28.4 Å². The highest BCUT2D eigenvalue weighted by molar-refractivity contribution is 7.14. The van der Waals surface area contributed by atoms with Crippen molar-refractivity contribution in [1.82, 2.24) is 10.2 Å². The van der Waals surface area contributed by atoms with Crippen LogP contribution in [-0.2, 0) is 23.5 Å². The summed E-state index contributed by atoms with van der Waals surface area (Å²) in [4.78, 5) is 20.5. The van der Waals surface area contributed by atoms with E-state index in [0.29, 0.717) is 17.7 Å². The molecule has 13 heteroatoms. The van der Waals surface area contributed by atoms with E-state index in [2.05, 4.69) is 16.5 Å². The van der Waals surface area contributed by atoms with Gasteiger partial charge in [-0.1, -0.05) is 28.4 Å². The topological polar surface area (TPSA) is 77.7 Å². The molecule has 1 fully saturated rings. The number of thiophene rings is 1. The first kappa shape index (κ1) is 24.2. The van der Waals surface area contributed by atoms with Gasteiger partial charge in [-0.15, -0.1) is 11.3 Å². The first-order valence-electron chi connectivity index (χ1n) is 10.5. The van der Waals surface area contributed by atoms with E-state index in [4.69, 9.17) is 28.0 Å². The van der Waals surface area contributed by atoms with Gasteiger partial charge in [-0.05, 0) is 43.0 Å². The largest absolute Gasteiger partial charge is 0.435 e. The summed E-state index contributed by atoms with van der Waals surface area (Å²) in [7, 11) is 0. The van der Waals surface area contributed by atoms with Gasteiger partial charge < -0.3 is 15.1 Å². The quantitative estimate of drug-likeness (QED) is 0.385. The second-order valence-corrected chi connectivity index (χ2v) is 10.7. The van der Waals surface area contributed by atoms with Crippen LogP contribution in [0.1, 0.15) is 51.4 Å². The lowest BCUT2D eigenvalue weighted by atomic mass is 9.78. The van der Waals surface area contributed by atoms with Crippen molar-refractivity contribution < 1.29 is 27.2 Å². The summed E-state index contributed by atoms with van der Waals surface area (Å²) in [5.74, 6) is -1.29. The number of halogens is 6. The first-order valence-corrected chi connectivity index (χ1v) is 12.1. The van der Waals surface area contributed by atoms with Gasteiger partial charge in [-0.25, -0.2) is 4.39 Å². The third kappa shape index (κ3) is 3.92. The number of carbonyl (C=O) groups excluding carboxylic acids is 1. The Kier molecular flexibility index (Phi) is 5.69. The minimum absolute atomic E-state index is 0.0613. The van der Waals surface area contributed by atoms with Crippen molar-refractivity contribution in [3.8, 4) is 6.07 Å². The maximum absolute atomic E-state index is 14.2. The van der Waals surface area contributed by atoms with Crippen molar-refractivity contribution in [3.63, 3.8) is 0 Å². The van der Waals surface area contributed by atoms with Crippen molar-refractivity contribution in [2.24, 2.45) is 5.16 Å². The molecule has 1 saturated carbocycles. The van der Waals surface area contributed by atoms with Gasteiger partial charge in [0.05, 0.1) is 34.0 Å². The molecule has 0 radical (unpaired) electrons. The molecule has 1 aliphatic carbocycles. The van der Waals surface area contributed by atoms with Crippen molar-refractivity contribution >= 4 is 46.3 Å². The highest BCUT2D eigenvalue weighted by Gasteiger charge is 2.63. The normalized spacial score (nSPS) is 22.7. The van der Waals surface area contributed by atoms with Gasteiger partial charge >= 0.3 is 6.18 Å². The van der Waals surface area contributed by atoms with E-state index >= 15 is 0 Å². The summed E-state index contributed by atoms with van der Waals surface area (Å²) in [6.07, 6.45) is -3.44. The molecule has 1 amide bonds. The van der Waals surface area contributed by atoms with Crippen molar-refractivity contribution in [2.75, 3.05) is 0 Å². The van der Waals surface area contributed by atoms with E-state index in [0.717, 1.165) is 29.0 Å². The summed E-state index contributed by atoms with van der Waals surface area (Å²) in [5.41, 5.74) is -3.34. The maximum atomic E-state index is 14.2. The molecule has 2 aliphatic heterocycles. The summed E-state index contributed by atoms with van der Waals surface area (Å²) in [6.45, 7) is 0.487. The molecule has 2 aromatic rings. The van der Waals surface area contributed by atoms with E-state index in [1.54, 1.807) is 11.0 Å². The van der Waals surface area contributed by atoms with Crippen LogP contribution in [0, 0.1) is 17.1 Å². The summed E-state index contributed by atoms with van der Waals surface area (Å²) in [6, 6.07) is 5.53. The SMILES string of the molecule is N#CC1(NC(=O)c2cc3c(s2)CN(C2=NOC(c4cc(Cl)c(F)c(Cl)c4)(C(F)(F)F)C2)C3)CCC1. The molecule has 184 valence electrons. The van der Waals surface area contributed by atoms with Crippen LogP contribution in [0.25, 0.3) is 0 Å². The fourth-order valence-electron chi connectivity index (χ4n) is 4.38. The number of nitriles is 1. The lowest BCUT2D eigenvalue weighted by Crippen LogP contribution is -2.52. The highest BCUT2D eigenvalue weighted by Crippen LogP contribution is 2.50. The van der Waals surface area contributed by atoms with Crippen LogP contribution in [0.15, 0.2) is 23.4 Å². The Morgan fingerprint density at radius 1 is 1.23 bits per heavy atom. The fraction of sp³-hybridized carbons (Fsp3) is 0.409. The number of nitrogens with one attached hydrogen (secondary N) is 1. The smallest absolute Gasteiger partial charge is 0.372 e. The van der Waals surface area contributed by atoms with E-state index in [1.165, 1.54) is 11.3 Å². The van der Waals surface area contributed by atoms with Gasteiger partial charge in [0.1, 0.15) is 11.4 Å². The minimum atomic E-state index is -4.89. The van der Waals surface area contributed by atoms with E-state index in [-0.39, 0.29) is 24.8 Å². The number of benzene rings is 1. The number of carbonyl (C=O) groups is 1. The molecule has 3 aliphatic rings. The van der Waals surface area contributed by atoms with Gasteiger partial charge in [0.15, 0.2) is 5.82 Å². The van der Waals surface area contributed by atoms with Crippen LogP contribution in [0.5, 0.6) is 0 Å². The van der Waals surface area contributed by atoms with Crippen molar-refractivity contribution in [1.29, 1.82) is 5.26 Å². The molecule has 0 bridgehead atoms. The number of rotatable bonds is 3. The number of alkyl halides is 3. The number of nitrogens with zero attached hydrogens (tertiary/aromatic N) is 3. The first-order chi connectivity index (χ1) is 16.5. The zero-order valence-electron chi connectivity index (χ0n) is 17.8. The Bertz CT molecular complexity index is 1250. The predicted octanol–water partition coefficient (Wildman–Crippen LogP) is 5.88. The molecule has 35 heavy (non-hydrogen) atoms. The van der Waals surface area contributed by atoms with Gasteiger partial charge in [-0.3, -0.25) is 4.79 Å². The summed E-state index contributed by atoms with van der Waals surface area (Å²) in [5, 5.41) is 14.7. The van der Waals surface area contributed by atoms with Crippen LogP contribution >= 0.6 is 34.5 Å². The Labute approximate surface area is 211 Å². The molecular weight excluding hydrogens is 531 g/mol. The minimum Gasteiger partial charge on any atom is -0.372 e. The lowest BCUT2D eigenvalue weighted by molar-refractivity contribution is -0.275. The van der Waals surface area contributed by atoms with Crippen LogP contribution in [0.4, 0.5) is 17.6 Å². The Balaban J connectivity index is 1.33. The standard InChI is InChI=1S/C22H16Cl2F4N4O2S/c23-13-5-12(6-14(24)18(13)25)21(22(26,27)28)7-17(31-34-21)32-8-11-4-15(35-16(11)9-32)19(33)30-20(10-29)2-1-3-20/h4-6H,1-3,7-9H2,(H,30,33). The molecule has 1 aromatic heterocycles. The molecule has 0 spiro atoms. The summed E-state index contributed by atoms with van der Waals surface area (Å²) >= 11 is 12.7. The van der Waals surface area contributed by atoms with Gasteiger partial charge in [0.2, 0.25) is 0 Å². The molecular formula is C22H16Cl2F4N4O2S. The number of amidine groups is 1.